The molecule has 9 atom stereocenters. The lowest BCUT2D eigenvalue weighted by Gasteiger charge is -2.62. The first-order chi connectivity index (χ1) is 17.7. The van der Waals surface area contributed by atoms with Gasteiger partial charge in [0.05, 0.1) is 18.8 Å². The number of fused-ring (bicyclic) bond motifs is 5. The number of rotatable bonds is 4. The monoisotopic (exact) mass is 540 g/mol. The molecule has 0 amide bonds. The summed E-state index contributed by atoms with van der Waals surface area (Å²) in [6, 6.07) is 0. The normalized spacial score (nSPS) is 48.5. The highest BCUT2D eigenvalue weighted by molar-refractivity contribution is 5.12. The van der Waals surface area contributed by atoms with Gasteiger partial charge in [-0.15, -0.1) is 0 Å². The molecule has 2 N–H and O–H groups in total. The van der Waals surface area contributed by atoms with Gasteiger partial charge in [0.25, 0.3) is 0 Å². The van der Waals surface area contributed by atoms with Gasteiger partial charge in [-0.25, -0.2) is 0 Å². The van der Waals surface area contributed by atoms with Crippen molar-refractivity contribution >= 4 is 0 Å². The highest BCUT2D eigenvalue weighted by atomic mass is 19.4. The number of ether oxygens (including phenoxy) is 1. The van der Waals surface area contributed by atoms with Gasteiger partial charge in [-0.1, -0.05) is 20.8 Å². The van der Waals surface area contributed by atoms with Crippen LogP contribution in [-0.2, 0) is 4.74 Å². The number of halogens is 3. The van der Waals surface area contributed by atoms with Crippen molar-refractivity contribution in [3.05, 3.63) is 0 Å². The second kappa shape index (κ2) is 9.08. The van der Waals surface area contributed by atoms with E-state index in [1.807, 2.05) is 0 Å². The molecule has 6 aliphatic rings. The zero-order valence-corrected chi connectivity index (χ0v) is 23.9. The van der Waals surface area contributed by atoms with E-state index in [4.69, 9.17) is 4.74 Å². The van der Waals surface area contributed by atoms with Gasteiger partial charge in [0, 0.05) is 5.41 Å². The van der Waals surface area contributed by atoms with Crippen molar-refractivity contribution in [1.82, 2.24) is 0 Å². The van der Waals surface area contributed by atoms with E-state index in [1.54, 1.807) is 0 Å². The summed E-state index contributed by atoms with van der Waals surface area (Å²) in [6.07, 6.45) is 8.49. The van der Waals surface area contributed by atoms with Crippen LogP contribution in [0.1, 0.15) is 117 Å². The molecule has 1 aliphatic heterocycles. The van der Waals surface area contributed by atoms with Crippen LogP contribution < -0.4 is 0 Å². The molecule has 0 aromatic rings. The second-order valence-corrected chi connectivity index (χ2v) is 15.9. The molecule has 6 heteroatoms. The van der Waals surface area contributed by atoms with Gasteiger partial charge < -0.3 is 14.9 Å². The fourth-order valence-corrected chi connectivity index (χ4v) is 11.4. The summed E-state index contributed by atoms with van der Waals surface area (Å²) >= 11 is 0. The predicted molar refractivity (Wildman–Crippen MR) is 141 cm³/mol. The van der Waals surface area contributed by atoms with E-state index in [2.05, 4.69) is 20.8 Å². The second-order valence-electron chi connectivity index (χ2n) is 15.9. The molecule has 0 radical (unpaired) electrons. The van der Waals surface area contributed by atoms with Crippen LogP contribution >= 0.6 is 0 Å². The third-order valence-corrected chi connectivity index (χ3v) is 14.1. The Hall–Kier alpha value is -0.330. The minimum absolute atomic E-state index is 0.0218. The fraction of sp³-hybridized carbons (Fsp3) is 1.00. The van der Waals surface area contributed by atoms with Crippen molar-refractivity contribution in [2.45, 2.75) is 134 Å². The lowest BCUT2D eigenvalue weighted by atomic mass is 9.43. The molecular formula is C32H51F3O3. The molecule has 1 saturated heterocycles. The molecule has 0 bridgehead atoms. The zero-order valence-electron chi connectivity index (χ0n) is 23.9. The molecule has 0 unspecified atom stereocenters. The van der Waals surface area contributed by atoms with E-state index >= 15 is 0 Å². The third kappa shape index (κ3) is 4.23. The summed E-state index contributed by atoms with van der Waals surface area (Å²) in [4.78, 5) is 0. The quantitative estimate of drug-likeness (QED) is 0.385. The molecule has 218 valence electrons. The van der Waals surface area contributed by atoms with Gasteiger partial charge in [0.2, 0.25) is 0 Å². The molecule has 6 rings (SSSR count). The summed E-state index contributed by atoms with van der Waals surface area (Å²) in [5.74, 6) is 3.04. The smallest absolute Gasteiger partial charge is 0.390 e. The zero-order chi connectivity index (χ0) is 27.2. The van der Waals surface area contributed by atoms with Crippen molar-refractivity contribution in [3.63, 3.8) is 0 Å². The topological polar surface area (TPSA) is 49.7 Å². The van der Waals surface area contributed by atoms with Gasteiger partial charge >= 0.3 is 6.18 Å². The van der Waals surface area contributed by atoms with Gasteiger partial charge in [-0.3, -0.25) is 0 Å². The van der Waals surface area contributed by atoms with Gasteiger partial charge in [-0.05, 0) is 143 Å². The highest BCUT2D eigenvalue weighted by Crippen LogP contribution is 2.69. The summed E-state index contributed by atoms with van der Waals surface area (Å²) in [5, 5.41) is 21.9. The standard InChI is InChI=1S/C32H51F3O3/c1-21(8-11-30(36)15-13-29(14-16-30)19-38-20-29)24-6-7-25-23-5-4-22-18-31(37,32(33,34)35)17-12-27(22,2)26(23)9-10-28(24,25)3/h21-26,36-37H,4-20H2,1-3H3/t21-,22+,23+,24-,25+,26+,27+,28-,31+/m1/s1. The molecule has 0 aromatic heterocycles. The van der Waals surface area contributed by atoms with Crippen LogP contribution in [0, 0.1) is 51.8 Å². The summed E-state index contributed by atoms with van der Waals surface area (Å²) in [6.45, 7) is 9.00. The Labute approximate surface area is 227 Å². The van der Waals surface area contributed by atoms with Crippen LogP contribution in [0.3, 0.4) is 0 Å². The number of alkyl halides is 3. The van der Waals surface area contributed by atoms with Crippen molar-refractivity contribution in [2.75, 3.05) is 13.2 Å². The van der Waals surface area contributed by atoms with E-state index in [9.17, 15) is 23.4 Å². The first-order valence-corrected chi connectivity index (χ1v) is 15.8. The van der Waals surface area contributed by atoms with E-state index in [-0.39, 0.29) is 24.2 Å². The van der Waals surface area contributed by atoms with E-state index in [0.717, 1.165) is 71.0 Å². The van der Waals surface area contributed by atoms with E-state index in [0.29, 0.717) is 46.8 Å². The Kier molecular flexibility index (Phi) is 6.65. The maximum absolute atomic E-state index is 13.7. The Morgan fingerprint density at radius 1 is 0.816 bits per heavy atom. The maximum Gasteiger partial charge on any atom is 0.417 e. The van der Waals surface area contributed by atoms with Crippen LogP contribution in [-0.4, -0.2) is 40.8 Å². The molecule has 38 heavy (non-hydrogen) atoms. The van der Waals surface area contributed by atoms with Crippen LogP contribution in [0.25, 0.3) is 0 Å². The minimum atomic E-state index is -4.52. The largest absolute Gasteiger partial charge is 0.417 e. The van der Waals surface area contributed by atoms with Gasteiger partial charge in [0.1, 0.15) is 0 Å². The fourth-order valence-electron chi connectivity index (χ4n) is 11.4. The third-order valence-electron chi connectivity index (χ3n) is 14.1. The van der Waals surface area contributed by atoms with Gasteiger partial charge in [0.15, 0.2) is 5.60 Å². The number of hydrogen-bond donors (Lipinski definition) is 2. The van der Waals surface area contributed by atoms with E-state index in [1.165, 1.54) is 19.3 Å². The maximum atomic E-state index is 13.7. The van der Waals surface area contributed by atoms with Crippen LogP contribution in [0.2, 0.25) is 0 Å². The summed E-state index contributed by atoms with van der Waals surface area (Å²) < 4.78 is 46.5. The van der Waals surface area contributed by atoms with Crippen LogP contribution in [0.4, 0.5) is 13.2 Å². The molecule has 5 saturated carbocycles. The van der Waals surface area contributed by atoms with Crippen LogP contribution in [0.15, 0.2) is 0 Å². The Morgan fingerprint density at radius 3 is 2.13 bits per heavy atom. The summed E-state index contributed by atoms with van der Waals surface area (Å²) in [5.41, 5.74) is -2.39. The molecule has 1 spiro atoms. The first kappa shape index (κ1) is 27.8. The van der Waals surface area contributed by atoms with Gasteiger partial charge in [-0.2, -0.15) is 13.2 Å². The first-order valence-electron chi connectivity index (χ1n) is 15.8. The molecule has 1 heterocycles. The lowest BCUT2D eigenvalue weighted by molar-refractivity contribution is -0.290. The molecule has 6 fully saturated rings. The summed E-state index contributed by atoms with van der Waals surface area (Å²) in [7, 11) is 0. The van der Waals surface area contributed by atoms with E-state index < -0.39 is 17.4 Å². The molecule has 0 aromatic carbocycles. The number of hydrogen-bond acceptors (Lipinski definition) is 3. The Balaban J connectivity index is 1.10. The Morgan fingerprint density at radius 2 is 1.50 bits per heavy atom. The SMILES string of the molecule is C[C@H](CCC1(O)CCC2(CC1)COC2)[C@H]1CC[C@H]2[C@@H]3CC[C@H]4C[C@](O)(C(F)(F)F)CC[C@]4(C)[C@H]3CC[C@]12C. The van der Waals surface area contributed by atoms with Crippen molar-refractivity contribution < 1.29 is 28.1 Å². The molecular weight excluding hydrogens is 489 g/mol. The minimum Gasteiger partial charge on any atom is -0.390 e. The lowest BCUT2D eigenvalue weighted by Crippen LogP contribution is -2.59. The van der Waals surface area contributed by atoms with Crippen molar-refractivity contribution in [3.8, 4) is 0 Å². The predicted octanol–water partition coefficient (Wildman–Crippen LogP) is 7.68. The molecule has 3 nitrogen and oxygen atoms in total. The average molecular weight is 541 g/mol. The Bertz CT molecular complexity index is 891. The van der Waals surface area contributed by atoms with Crippen LogP contribution in [0.5, 0.6) is 0 Å². The van der Waals surface area contributed by atoms with Crippen molar-refractivity contribution in [1.29, 1.82) is 0 Å². The average Bonchev–Trinajstić information content (AvgIpc) is 3.19. The molecule has 5 aliphatic carbocycles. The number of aliphatic hydroxyl groups is 2. The highest BCUT2D eigenvalue weighted by Gasteiger charge is 2.65. The van der Waals surface area contributed by atoms with Crippen molar-refractivity contribution in [2.24, 2.45) is 51.8 Å².